The monoisotopic (exact) mass is 338 g/mol. The molecular formula is C19H22N4O2. The highest BCUT2D eigenvalue weighted by molar-refractivity contribution is 5.81. The quantitative estimate of drug-likeness (QED) is 0.840. The maximum atomic E-state index is 12.3. The van der Waals surface area contributed by atoms with Gasteiger partial charge in [0.2, 0.25) is 5.91 Å². The van der Waals surface area contributed by atoms with Crippen molar-refractivity contribution >= 4 is 11.7 Å². The molecule has 2 rings (SSSR count). The van der Waals surface area contributed by atoms with Crippen molar-refractivity contribution in [2.24, 2.45) is 0 Å². The lowest BCUT2D eigenvalue weighted by Gasteiger charge is -2.20. The third kappa shape index (κ3) is 5.21. The fraction of sp³-hybridized carbons (Fsp3) is 0.316. The second-order valence-electron chi connectivity index (χ2n) is 5.67. The number of hydrogen-bond donors (Lipinski definition) is 1. The number of aromatic nitrogens is 1. The third-order valence-corrected chi connectivity index (χ3v) is 3.70. The van der Waals surface area contributed by atoms with Gasteiger partial charge in [-0.1, -0.05) is 12.1 Å². The minimum absolute atomic E-state index is 0.108. The van der Waals surface area contributed by atoms with E-state index in [0.29, 0.717) is 18.0 Å². The predicted molar refractivity (Wildman–Crippen MR) is 96.4 cm³/mol. The highest BCUT2D eigenvalue weighted by Gasteiger charge is 2.13. The molecule has 2 aromatic rings. The molecule has 0 radical (unpaired) electrons. The number of ether oxygens (including phenoxy) is 1. The molecule has 6 nitrogen and oxygen atoms in total. The lowest BCUT2D eigenvalue weighted by atomic mass is 10.1. The first-order chi connectivity index (χ1) is 12.0. The van der Waals surface area contributed by atoms with Crippen LogP contribution in [0, 0.1) is 11.3 Å². The molecule has 0 saturated heterocycles. The van der Waals surface area contributed by atoms with Gasteiger partial charge in [-0.05, 0) is 43.7 Å². The first-order valence-corrected chi connectivity index (χ1v) is 8.13. The SMILES string of the molecule is CCOc1cccc([C@@H](C)NC(=O)CN(C)c2ccc(C#N)cn2)c1. The van der Waals surface area contributed by atoms with Crippen molar-refractivity contribution in [2.45, 2.75) is 19.9 Å². The van der Waals surface area contributed by atoms with Crippen LogP contribution in [0.3, 0.4) is 0 Å². The second-order valence-corrected chi connectivity index (χ2v) is 5.67. The fourth-order valence-electron chi connectivity index (χ4n) is 2.39. The number of nitrogens with one attached hydrogen (secondary N) is 1. The summed E-state index contributed by atoms with van der Waals surface area (Å²) < 4.78 is 5.49. The summed E-state index contributed by atoms with van der Waals surface area (Å²) in [5, 5.41) is 11.8. The zero-order valence-electron chi connectivity index (χ0n) is 14.7. The number of rotatable bonds is 7. The minimum Gasteiger partial charge on any atom is -0.494 e. The van der Waals surface area contributed by atoms with Crippen molar-refractivity contribution in [3.05, 3.63) is 53.7 Å². The Morgan fingerprint density at radius 1 is 1.40 bits per heavy atom. The van der Waals surface area contributed by atoms with Crippen LogP contribution in [0.2, 0.25) is 0 Å². The molecular weight excluding hydrogens is 316 g/mol. The molecule has 0 bridgehead atoms. The van der Waals surface area contributed by atoms with Crippen LogP contribution in [-0.4, -0.2) is 31.1 Å². The first kappa shape index (κ1) is 18.3. The van der Waals surface area contributed by atoms with Crippen LogP contribution in [0.4, 0.5) is 5.82 Å². The summed E-state index contributed by atoms with van der Waals surface area (Å²) in [4.78, 5) is 18.2. The summed E-state index contributed by atoms with van der Waals surface area (Å²) in [5.41, 5.74) is 1.47. The molecule has 1 amide bonds. The molecule has 0 aliphatic rings. The summed E-state index contributed by atoms with van der Waals surface area (Å²) in [5.74, 6) is 1.32. The summed E-state index contributed by atoms with van der Waals surface area (Å²) in [6.07, 6.45) is 1.49. The Bertz CT molecular complexity index is 753. The van der Waals surface area contributed by atoms with Gasteiger partial charge >= 0.3 is 0 Å². The normalized spacial score (nSPS) is 11.3. The average molecular weight is 338 g/mol. The maximum Gasteiger partial charge on any atom is 0.240 e. The number of likely N-dealkylation sites (N-methyl/N-ethyl adjacent to an activating group) is 1. The van der Waals surface area contributed by atoms with E-state index in [4.69, 9.17) is 10.00 Å². The molecule has 1 aromatic carbocycles. The Balaban J connectivity index is 1.94. The number of nitrogens with zero attached hydrogens (tertiary/aromatic N) is 3. The molecule has 0 spiro atoms. The van der Waals surface area contributed by atoms with Crippen molar-refractivity contribution in [2.75, 3.05) is 25.1 Å². The van der Waals surface area contributed by atoms with Gasteiger partial charge in [-0.25, -0.2) is 4.98 Å². The molecule has 0 aliphatic heterocycles. The smallest absolute Gasteiger partial charge is 0.240 e. The molecule has 1 heterocycles. The predicted octanol–water partition coefficient (Wildman–Crippen LogP) is 2.67. The molecule has 6 heteroatoms. The van der Waals surface area contributed by atoms with E-state index < -0.39 is 0 Å². The lowest BCUT2D eigenvalue weighted by molar-refractivity contribution is -0.120. The van der Waals surface area contributed by atoms with Crippen LogP contribution < -0.4 is 15.0 Å². The molecule has 1 N–H and O–H groups in total. The van der Waals surface area contributed by atoms with Crippen molar-refractivity contribution in [3.63, 3.8) is 0 Å². The largest absolute Gasteiger partial charge is 0.494 e. The van der Waals surface area contributed by atoms with Crippen LogP contribution in [0.5, 0.6) is 5.75 Å². The number of carbonyl (C=O) groups excluding carboxylic acids is 1. The van der Waals surface area contributed by atoms with Gasteiger partial charge in [0.25, 0.3) is 0 Å². The standard InChI is InChI=1S/C19H22N4O2/c1-4-25-17-7-5-6-16(10-17)14(2)22-19(24)13-23(3)18-9-8-15(11-20)12-21-18/h5-10,12,14H,4,13H2,1-3H3,(H,22,24)/t14-/m1/s1. The van der Waals surface area contributed by atoms with E-state index >= 15 is 0 Å². The van der Waals surface area contributed by atoms with E-state index in [9.17, 15) is 4.79 Å². The number of amides is 1. The molecule has 25 heavy (non-hydrogen) atoms. The highest BCUT2D eigenvalue weighted by atomic mass is 16.5. The van der Waals surface area contributed by atoms with Crippen LogP contribution in [0.15, 0.2) is 42.6 Å². The number of carbonyl (C=O) groups is 1. The summed E-state index contributed by atoms with van der Waals surface area (Å²) in [7, 11) is 1.79. The first-order valence-electron chi connectivity index (χ1n) is 8.13. The molecule has 0 aliphatic carbocycles. The van der Waals surface area contributed by atoms with E-state index in [1.807, 2.05) is 44.2 Å². The molecule has 0 unspecified atom stereocenters. The molecule has 1 atom stereocenters. The minimum atomic E-state index is -0.129. The van der Waals surface area contributed by atoms with Crippen LogP contribution in [-0.2, 0) is 4.79 Å². The summed E-state index contributed by atoms with van der Waals surface area (Å²) in [6.45, 7) is 4.65. The van der Waals surface area contributed by atoms with Gasteiger partial charge in [0.1, 0.15) is 17.6 Å². The Hall–Kier alpha value is -3.07. The van der Waals surface area contributed by atoms with Gasteiger partial charge in [0.05, 0.1) is 24.8 Å². The summed E-state index contributed by atoms with van der Waals surface area (Å²) in [6, 6.07) is 13.0. The van der Waals surface area contributed by atoms with Gasteiger partial charge < -0.3 is 15.0 Å². The number of anilines is 1. The lowest BCUT2D eigenvalue weighted by Crippen LogP contribution is -2.36. The third-order valence-electron chi connectivity index (χ3n) is 3.70. The van der Waals surface area contributed by atoms with Crippen molar-refractivity contribution in [3.8, 4) is 11.8 Å². The average Bonchev–Trinajstić information content (AvgIpc) is 2.62. The van der Waals surface area contributed by atoms with E-state index in [-0.39, 0.29) is 18.5 Å². The van der Waals surface area contributed by atoms with Gasteiger partial charge in [0.15, 0.2) is 0 Å². The van der Waals surface area contributed by atoms with Gasteiger partial charge in [-0.15, -0.1) is 0 Å². The van der Waals surface area contributed by atoms with E-state index in [0.717, 1.165) is 11.3 Å². The van der Waals surface area contributed by atoms with Crippen molar-refractivity contribution < 1.29 is 9.53 Å². The second kappa shape index (κ2) is 8.69. The van der Waals surface area contributed by atoms with Crippen molar-refractivity contribution in [1.29, 1.82) is 5.26 Å². The number of hydrogen-bond acceptors (Lipinski definition) is 5. The molecule has 0 fully saturated rings. The molecule has 130 valence electrons. The highest BCUT2D eigenvalue weighted by Crippen LogP contribution is 2.19. The van der Waals surface area contributed by atoms with Crippen LogP contribution in [0.1, 0.15) is 31.0 Å². The van der Waals surface area contributed by atoms with Crippen molar-refractivity contribution in [1.82, 2.24) is 10.3 Å². The van der Waals surface area contributed by atoms with Crippen LogP contribution >= 0.6 is 0 Å². The molecule has 0 saturated carbocycles. The number of benzene rings is 1. The van der Waals surface area contributed by atoms with Gasteiger partial charge in [-0.2, -0.15) is 5.26 Å². The fourth-order valence-corrected chi connectivity index (χ4v) is 2.39. The number of nitriles is 1. The Labute approximate surface area is 148 Å². The Morgan fingerprint density at radius 2 is 2.20 bits per heavy atom. The van der Waals surface area contributed by atoms with E-state index in [1.165, 1.54) is 6.20 Å². The van der Waals surface area contributed by atoms with E-state index in [2.05, 4.69) is 10.3 Å². The summed E-state index contributed by atoms with van der Waals surface area (Å²) >= 11 is 0. The van der Waals surface area contributed by atoms with Gasteiger partial charge in [0, 0.05) is 13.2 Å². The Morgan fingerprint density at radius 3 is 2.84 bits per heavy atom. The Kier molecular flexibility index (Phi) is 6.35. The number of pyridine rings is 1. The maximum absolute atomic E-state index is 12.3. The zero-order chi connectivity index (χ0) is 18.2. The zero-order valence-corrected chi connectivity index (χ0v) is 14.7. The van der Waals surface area contributed by atoms with Crippen LogP contribution in [0.25, 0.3) is 0 Å². The molecule has 1 aromatic heterocycles. The topological polar surface area (TPSA) is 78.2 Å². The van der Waals surface area contributed by atoms with E-state index in [1.54, 1.807) is 24.1 Å². The van der Waals surface area contributed by atoms with Gasteiger partial charge in [-0.3, -0.25) is 4.79 Å².